The molecular formula is C21H20N4O4. The van der Waals surface area contributed by atoms with Crippen molar-refractivity contribution in [2.45, 2.75) is 39.2 Å². The molecule has 2 heterocycles. The van der Waals surface area contributed by atoms with E-state index in [1.807, 2.05) is 0 Å². The Morgan fingerprint density at radius 1 is 1.21 bits per heavy atom. The number of carbonyl (C=O) groups is 1. The second-order valence-corrected chi connectivity index (χ2v) is 7.19. The molecule has 148 valence electrons. The highest BCUT2D eigenvalue weighted by atomic mass is 16.6. The lowest BCUT2D eigenvalue weighted by Crippen LogP contribution is -2.24. The Kier molecular flexibility index (Phi) is 4.84. The largest absolute Gasteiger partial charge is 0.321 e. The number of hydrogen-bond donors (Lipinski definition) is 1. The van der Waals surface area contributed by atoms with Crippen LogP contribution in [0, 0.1) is 17.0 Å². The minimum Gasteiger partial charge on any atom is -0.321 e. The molecule has 2 aromatic carbocycles. The summed E-state index contributed by atoms with van der Waals surface area (Å²) in [5.74, 6) is 0.347. The van der Waals surface area contributed by atoms with Gasteiger partial charge in [0.05, 0.1) is 27.1 Å². The van der Waals surface area contributed by atoms with Gasteiger partial charge in [-0.05, 0) is 44.0 Å². The van der Waals surface area contributed by atoms with Crippen LogP contribution < -0.4 is 10.9 Å². The summed E-state index contributed by atoms with van der Waals surface area (Å²) in [6.07, 6.45) is 3.76. The van der Waals surface area contributed by atoms with E-state index in [9.17, 15) is 19.7 Å². The Labute approximate surface area is 166 Å². The predicted molar refractivity (Wildman–Crippen MR) is 109 cm³/mol. The maximum absolute atomic E-state index is 12.8. The number of benzene rings is 2. The van der Waals surface area contributed by atoms with Crippen molar-refractivity contribution in [2.75, 3.05) is 5.32 Å². The van der Waals surface area contributed by atoms with E-state index in [4.69, 9.17) is 0 Å². The van der Waals surface area contributed by atoms with Crippen LogP contribution in [0.5, 0.6) is 0 Å². The maximum Gasteiger partial charge on any atom is 0.274 e. The van der Waals surface area contributed by atoms with Crippen LogP contribution in [0.2, 0.25) is 0 Å². The Morgan fingerprint density at radius 3 is 2.83 bits per heavy atom. The van der Waals surface area contributed by atoms with Gasteiger partial charge in [-0.25, -0.2) is 4.98 Å². The lowest BCUT2D eigenvalue weighted by Gasteiger charge is -2.11. The molecule has 0 aliphatic carbocycles. The second-order valence-electron chi connectivity index (χ2n) is 7.19. The van der Waals surface area contributed by atoms with E-state index in [1.165, 1.54) is 12.1 Å². The zero-order valence-electron chi connectivity index (χ0n) is 16.0. The summed E-state index contributed by atoms with van der Waals surface area (Å²) in [4.78, 5) is 40.8. The molecule has 8 heteroatoms. The van der Waals surface area contributed by atoms with Gasteiger partial charge < -0.3 is 5.32 Å². The van der Waals surface area contributed by atoms with Gasteiger partial charge in [-0.2, -0.15) is 0 Å². The number of aromatic nitrogens is 2. The number of anilines is 1. The average Bonchev–Trinajstić information content (AvgIpc) is 2.94. The number of hydrogen-bond acceptors (Lipinski definition) is 5. The monoisotopic (exact) mass is 392 g/mol. The van der Waals surface area contributed by atoms with E-state index in [0.29, 0.717) is 34.3 Å². The summed E-state index contributed by atoms with van der Waals surface area (Å²) in [5.41, 5.74) is 1.46. The number of nitro benzene ring substituents is 1. The Morgan fingerprint density at radius 2 is 2.03 bits per heavy atom. The summed E-state index contributed by atoms with van der Waals surface area (Å²) in [5, 5.41) is 14.3. The Bertz CT molecular complexity index is 1200. The first kappa shape index (κ1) is 18.8. The lowest BCUT2D eigenvalue weighted by atomic mass is 10.1. The van der Waals surface area contributed by atoms with E-state index >= 15 is 0 Å². The third-order valence-electron chi connectivity index (χ3n) is 5.33. The molecule has 0 saturated heterocycles. The molecule has 1 aromatic heterocycles. The standard InChI is InChI=1S/C21H20N4O4/c1-13-16(6-5-7-18(13)25(28)29)23-20(26)14-9-10-15-17(12-14)22-19-8-3-2-4-11-24(19)21(15)27/h5-7,9-10,12H,2-4,8,11H2,1H3,(H,23,26). The van der Waals surface area contributed by atoms with Gasteiger partial charge in [0, 0.05) is 24.6 Å². The summed E-state index contributed by atoms with van der Waals surface area (Å²) >= 11 is 0. The molecule has 1 aliphatic rings. The highest BCUT2D eigenvalue weighted by molar-refractivity contribution is 6.06. The summed E-state index contributed by atoms with van der Waals surface area (Å²) in [7, 11) is 0. The smallest absolute Gasteiger partial charge is 0.274 e. The van der Waals surface area contributed by atoms with E-state index in [-0.39, 0.29) is 11.2 Å². The van der Waals surface area contributed by atoms with Crippen LogP contribution in [0.1, 0.15) is 41.0 Å². The molecule has 0 atom stereocenters. The van der Waals surface area contributed by atoms with E-state index < -0.39 is 10.8 Å². The van der Waals surface area contributed by atoms with Gasteiger partial charge in [0.15, 0.2) is 0 Å². The van der Waals surface area contributed by atoms with E-state index in [2.05, 4.69) is 10.3 Å². The first-order valence-corrected chi connectivity index (χ1v) is 9.54. The zero-order chi connectivity index (χ0) is 20.5. The number of fused-ring (bicyclic) bond motifs is 2. The van der Waals surface area contributed by atoms with Crippen molar-refractivity contribution in [3.63, 3.8) is 0 Å². The molecule has 0 spiro atoms. The molecule has 0 radical (unpaired) electrons. The van der Waals surface area contributed by atoms with Crippen molar-refractivity contribution >= 4 is 28.2 Å². The first-order valence-electron chi connectivity index (χ1n) is 9.54. The van der Waals surface area contributed by atoms with Gasteiger partial charge in [-0.3, -0.25) is 24.3 Å². The number of nitro groups is 1. The third kappa shape index (κ3) is 3.49. The summed E-state index contributed by atoms with van der Waals surface area (Å²) in [6, 6.07) is 9.34. The number of rotatable bonds is 3. The van der Waals surface area contributed by atoms with Crippen LogP contribution in [0.4, 0.5) is 11.4 Å². The molecule has 29 heavy (non-hydrogen) atoms. The molecule has 0 bridgehead atoms. The highest BCUT2D eigenvalue weighted by Crippen LogP contribution is 2.25. The van der Waals surface area contributed by atoms with Crippen molar-refractivity contribution in [1.29, 1.82) is 0 Å². The van der Waals surface area contributed by atoms with Crippen LogP contribution in [-0.4, -0.2) is 20.4 Å². The van der Waals surface area contributed by atoms with E-state index in [0.717, 1.165) is 31.5 Å². The third-order valence-corrected chi connectivity index (χ3v) is 5.33. The predicted octanol–water partition coefficient (Wildman–Crippen LogP) is 3.59. The number of amides is 1. The molecule has 8 nitrogen and oxygen atoms in total. The molecule has 3 aromatic rings. The van der Waals surface area contributed by atoms with Gasteiger partial charge in [0.25, 0.3) is 17.2 Å². The summed E-state index contributed by atoms with van der Waals surface area (Å²) in [6.45, 7) is 2.26. The average molecular weight is 392 g/mol. The van der Waals surface area contributed by atoms with Crippen molar-refractivity contribution in [2.24, 2.45) is 0 Å². The zero-order valence-corrected chi connectivity index (χ0v) is 16.0. The lowest BCUT2D eigenvalue weighted by molar-refractivity contribution is -0.385. The molecule has 1 amide bonds. The summed E-state index contributed by atoms with van der Waals surface area (Å²) < 4.78 is 1.74. The topological polar surface area (TPSA) is 107 Å². The molecule has 0 unspecified atom stereocenters. The molecule has 1 N–H and O–H groups in total. The van der Waals surface area contributed by atoms with Gasteiger partial charge in [0.1, 0.15) is 5.82 Å². The van der Waals surface area contributed by atoms with Crippen LogP contribution >= 0.6 is 0 Å². The van der Waals surface area contributed by atoms with Gasteiger partial charge in [0.2, 0.25) is 0 Å². The number of nitrogens with zero attached hydrogens (tertiary/aromatic N) is 3. The van der Waals surface area contributed by atoms with Gasteiger partial charge in [-0.15, -0.1) is 0 Å². The first-order chi connectivity index (χ1) is 14.0. The second kappa shape index (κ2) is 7.46. The molecule has 4 rings (SSSR count). The van der Waals surface area contributed by atoms with Crippen LogP contribution in [0.15, 0.2) is 41.2 Å². The van der Waals surface area contributed by atoms with Crippen molar-refractivity contribution in [3.05, 3.63) is 73.8 Å². The number of nitrogens with one attached hydrogen (secondary N) is 1. The Hall–Kier alpha value is -3.55. The fourth-order valence-electron chi connectivity index (χ4n) is 3.71. The van der Waals surface area contributed by atoms with Crippen LogP contribution in [0.25, 0.3) is 10.9 Å². The molecule has 0 saturated carbocycles. The van der Waals surface area contributed by atoms with Gasteiger partial charge in [-0.1, -0.05) is 12.5 Å². The SMILES string of the molecule is Cc1c(NC(=O)c2ccc3c(=O)n4c(nc3c2)CCCCC4)cccc1[N+](=O)[O-]. The molecule has 1 aliphatic heterocycles. The molecule has 0 fully saturated rings. The number of aryl methyl sites for hydroxylation is 1. The Balaban J connectivity index is 1.70. The van der Waals surface area contributed by atoms with Crippen molar-refractivity contribution in [1.82, 2.24) is 9.55 Å². The molecular weight excluding hydrogens is 372 g/mol. The van der Waals surface area contributed by atoms with Crippen LogP contribution in [-0.2, 0) is 13.0 Å². The minimum atomic E-state index is -0.482. The van der Waals surface area contributed by atoms with Crippen LogP contribution in [0.3, 0.4) is 0 Å². The fraction of sp³-hybridized carbons (Fsp3) is 0.286. The van der Waals surface area contributed by atoms with Crippen molar-refractivity contribution < 1.29 is 9.72 Å². The van der Waals surface area contributed by atoms with E-state index in [1.54, 1.807) is 35.8 Å². The number of carbonyl (C=O) groups excluding carboxylic acids is 1. The minimum absolute atomic E-state index is 0.0568. The van der Waals surface area contributed by atoms with Gasteiger partial charge >= 0.3 is 0 Å². The maximum atomic E-state index is 12.8. The van der Waals surface area contributed by atoms with Crippen molar-refractivity contribution in [3.8, 4) is 0 Å². The highest BCUT2D eigenvalue weighted by Gasteiger charge is 2.18. The normalized spacial score (nSPS) is 13.6. The quantitative estimate of drug-likeness (QED) is 0.541. The fourth-order valence-corrected chi connectivity index (χ4v) is 3.71.